The molecule has 0 unspecified atom stereocenters. The topological polar surface area (TPSA) is 86.2 Å². The Hall–Kier alpha value is 0.00338. The third-order valence-corrected chi connectivity index (χ3v) is 0. The molecule has 0 aromatic heterocycles. The number of hydrogen-bond acceptors (Lipinski definition) is 4. The molecule has 11 heavy (non-hydrogen) atoms. The fourth-order valence-corrected chi connectivity index (χ4v) is 0. The number of carbonyl (C=O) groups is 2. The summed E-state index contributed by atoms with van der Waals surface area (Å²) in [6.45, 7) is 0. The van der Waals surface area contributed by atoms with E-state index in [1.165, 1.54) is 0 Å². The molecule has 0 atom stereocenters. The van der Waals surface area contributed by atoms with Crippen molar-refractivity contribution in [2.45, 2.75) is 14.9 Å². The van der Waals surface area contributed by atoms with Crippen LogP contribution in [0.5, 0.6) is 0 Å². The molecule has 0 aromatic carbocycles. The zero-order valence-electron chi connectivity index (χ0n) is 4.49. The van der Waals surface area contributed by atoms with Gasteiger partial charge in [0.25, 0.3) is 0 Å². The molecule has 0 saturated carbocycles. The van der Waals surface area contributed by atoms with Crippen molar-refractivity contribution in [3.05, 3.63) is 0 Å². The quantitative estimate of drug-likeness (QED) is 0.483. The Kier molecular flexibility index (Phi) is 62.5. The van der Waals surface area contributed by atoms with Crippen LogP contribution in [0.4, 0.5) is 9.59 Å². The fourth-order valence-electron chi connectivity index (χ4n) is 0. The Balaban J connectivity index is -0.0000000171. The number of primary amides is 2. The minimum atomic E-state index is -0.750. The van der Waals surface area contributed by atoms with Crippen LogP contribution in [-0.4, -0.2) is 10.5 Å². The third-order valence-electron chi connectivity index (χ3n) is 0. The van der Waals surface area contributed by atoms with Gasteiger partial charge >= 0.3 is 19.5 Å². The predicted octanol–water partition coefficient (Wildman–Crippen LogP) is 0.494. The average Bonchev–Trinajstić information content (AvgIpc) is 1.25. The number of nitrogens with two attached hydrogens (primary N) is 2. The first-order valence-electron chi connectivity index (χ1n) is 1.39. The normalized spacial score (nSPS) is 4.36. The molecule has 0 fully saturated rings. The monoisotopic (exact) mass is 248 g/mol. The zero-order chi connectivity index (χ0) is 7.15. The molecular formula is C4H12N2O2S2Zn. The van der Waals surface area contributed by atoms with Crippen LogP contribution in [0.15, 0.2) is 0 Å². The van der Waals surface area contributed by atoms with Gasteiger partial charge in [-0.2, -0.15) is 0 Å². The molecule has 0 radical (unpaired) electrons. The number of amides is 2. The van der Waals surface area contributed by atoms with E-state index in [1.54, 1.807) is 0 Å². The largest absolute Gasteiger partial charge is 2.00 e. The van der Waals surface area contributed by atoms with E-state index in [2.05, 4.69) is 36.7 Å². The Bertz CT molecular complexity index is 82.1. The molecule has 4 N–H and O–H groups in total. The molecule has 64 valence electrons. The number of hydrogen-bond donors (Lipinski definition) is 2. The molecule has 0 rings (SSSR count). The summed E-state index contributed by atoms with van der Waals surface area (Å²) in [5.41, 5.74) is 8.57. The van der Waals surface area contributed by atoms with Crippen molar-refractivity contribution < 1.29 is 29.1 Å². The van der Waals surface area contributed by atoms with Gasteiger partial charge in [-0.1, -0.05) is 14.9 Å². The van der Waals surface area contributed by atoms with Gasteiger partial charge < -0.3 is 46.3 Å². The van der Waals surface area contributed by atoms with Crippen LogP contribution >= 0.6 is 0 Å². The third kappa shape index (κ3) is 56200000. The number of rotatable bonds is 0. The van der Waals surface area contributed by atoms with Gasteiger partial charge in [-0.3, -0.25) is 0 Å². The maximum Gasteiger partial charge on any atom is 2.00 e. The van der Waals surface area contributed by atoms with Crippen molar-refractivity contribution in [3.8, 4) is 0 Å². The van der Waals surface area contributed by atoms with Gasteiger partial charge in [0.15, 0.2) is 0 Å². The molecule has 0 aliphatic heterocycles. The molecule has 2 amide bonds. The minimum absolute atomic E-state index is 0. The second-order valence-corrected chi connectivity index (χ2v) is 1.44. The van der Waals surface area contributed by atoms with Gasteiger partial charge in [0.1, 0.15) is 0 Å². The maximum atomic E-state index is 9.04. The number of carbonyl (C=O) groups excluding carboxylic acids is 2. The second-order valence-electron chi connectivity index (χ2n) is 0.638. The van der Waals surface area contributed by atoms with E-state index in [4.69, 9.17) is 9.59 Å². The van der Waals surface area contributed by atoms with Gasteiger partial charge in [0.2, 0.25) is 0 Å². The summed E-state index contributed by atoms with van der Waals surface area (Å²) in [7, 11) is 0. The van der Waals surface area contributed by atoms with Gasteiger partial charge in [-0.15, -0.1) is 0 Å². The Morgan fingerprint density at radius 1 is 0.909 bits per heavy atom. The van der Waals surface area contributed by atoms with E-state index in [1.807, 2.05) is 0 Å². The molecule has 0 saturated heterocycles. The molecule has 0 aliphatic carbocycles. The van der Waals surface area contributed by atoms with Crippen LogP contribution in [0.3, 0.4) is 0 Å². The second kappa shape index (κ2) is 22.5. The van der Waals surface area contributed by atoms with Gasteiger partial charge in [-0.05, 0) is 0 Å². The first kappa shape index (κ1) is 30.6. The molecule has 0 aromatic rings. The van der Waals surface area contributed by atoms with Crippen molar-refractivity contribution in [2.75, 3.05) is 0 Å². The predicted molar refractivity (Wildman–Crippen MR) is 47.4 cm³/mol. The van der Waals surface area contributed by atoms with E-state index < -0.39 is 10.5 Å². The first-order valence-corrected chi connectivity index (χ1v) is 2.21. The summed E-state index contributed by atoms with van der Waals surface area (Å²) >= 11 is 7.52. The maximum absolute atomic E-state index is 9.04. The Labute approximate surface area is 91.0 Å². The fraction of sp³-hybridized carbons (Fsp3) is 0.500. The summed E-state index contributed by atoms with van der Waals surface area (Å²) < 4.78 is 0. The first-order chi connectivity index (χ1) is 3.46. The molecule has 0 bridgehead atoms. The van der Waals surface area contributed by atoms with Crippen LogP contribution in [-0.2, 0) is 44.7 Å². The van der Waals surface area contributed by atoms with Gasteiger partial charge in [-0.25, -0.2) is 0 Å². The Morgan fingerprint density at radius 2 is 0.909 bits per heavy atom. The van der Waals surface area contributed by atoms with E-state index in [0.717, 1.165) is 0 Å². The molecule has 0 heterocycles. The van der Waals surface area contributed by atoms with Crippen molar-refractivity contribution >= 4 is 35.7 Å². The SMILES string of the molecule is C.C.NC(=O)[S-].NC(=O)[S-].[Zn+2]. The van der Waals surface area contributed by atoms with Crippen molar-refractivity contribution in [1.82, 2.24) is 0 Å². The van der Waals surface area contributed by atoms with Crippen molar-refractivity contribution in [3.63, 3.8) is 0 Å². The molecule has 4 nitrogen and oxygen atoms in total. The molecular weight excluding hydrogens is 238 g/mol. The minimum Gasteiger partial charge on any atom is -0.719 e. The van der Waals surface area contributed by atoms with Crippen molar-refractivity contribution in [2.24, 2.45) is 11.5 Å². The van der Waals surface area contributed by atoms with Crippen LogP contribution in [0.25, 0.3) is 0 Å². The van der Waals surface area contributed by atoms with Gasteiger partial charge in [0.05, 0.1) is 10.5 Å². The molecule has 0 spiro atoms. The van der Waals surface area contributed by atoms with E-state index >= 15 is 0 Å². The van der Waals surface area contributed by atoms with E-state index in [0.29, 0.717) is 0 Å². The average molecular weight is 250 g/mol. The van der Waals surface area contributed by atoms with Gasteiger partial charge in [0, 0.05) is 0 Å². The molecule has 0 aliphatic rings. The van der Waals surface area contributed by atoms with E-state index in [-0.39, 0.29) is 34.3 Å². The summed E-state index contributed by atoms with van der Waals surface area (Å²) in [6, 6.07) is 0. The van der Waals surface area contributed by atoms with Crippen LogP contribution in [0.1, 0.15) is 14.9 Å². The smallest absolute Gasteiger partial charge is 0.719 e. The Morgan fingerprint density at radius 3 is 0.909 bits per heavy atom. The summed E-state index contributed by atoms with van der Waals surface area (Å²) in [5.74, 6) is 0. The summed E-state index contributed by atoms with van der Waals surface area (Å²) in [4.78, 5) is 18.1. The summed E-state index contributed by atoms with van der Waals surface area (Å²) in [6.07, 6.45) is 0. The van der Waals surface area contributed by atoms with Crippen LogP contribution < -0.4 is 11.5 Å². The zero-order valence-corrected chi connectivity index (χ0v) is 9.09. The van der Waals surface area contributed by atoms with Crippen LogP contribution in [0.2, 0.25) is 0 Å². The molecule has 7 heteroatoms. The summed E-state index contributed by atoms with van der Waals surface area (Å²) in [5, 5.41) is -1.50. The standard InChI is InChI=1S/2CH3NOS.2CH4.Zn/c2*2-1(3)4;;;/h2*(H3,2,3,4);2*1H4;/q;;;;+2/p-2. The van der Waals surface area contributed by atoms with E-state index in [9.17, 15) is 0 Å². The van der Waals surface area contributed by atoms with Crippen LogP contribution in [0, 0.1) is 0 Å². The van der Waals surface area contributed by atoms with Crippen molar-refractivity contribution in [1.29, 1.82) is 0 Å².